The molecule has 0 aliphatic rings. The van der Waals surface area contributed by atoms with Crippen molar-refractivity contribution >= 4 is 16.9 Å². The van der Waals surface area contributed by atoms with Crippen LogP contribution in [0.4, 0.5) is 0 Å². The number of fused-ring (bicyclic) bond motifs is 1. The summed E-state index contributed by atoms with van der Waals surface area (Å²) in [6.45, 7) is 0. The number of benzene rings is 2. The molecular weight excluding hydrogens is 340 g/mol. The van der Waals surface area contributed by atoms with Crippen LogP contribution < -0.4 is 11.0 Å². The Morgan fingerprint density at radius 3 is 2.59 bits per heavy atom. The fraction of sp³-hybridized carbons (Fsp3) is 0.0952. The van der Waals surface area contributed by atoms with Gasteiger partial charge in [0.2, 0.25) is 0 Å². The topological polar surface area (TPSA) is 79.8 Å². The zero-order valence-corrected chi connectivity index (χ0v) is 14.7. The third kappa shape index (κ3) is 3.25. The number of aryl methyl sites for hydroxylation is 1. The van der Waals surface area contributed by atoms with Gasteiger partial charge in [0.25, 0.3) is 5.91 Å². The number of carbonyl (C=O) groups is 1. The first kappa shape index (κ1) is 16.8. The smallest absolute Gasteiger partial charge is 0.326 e. The Morgan fingerprint density at radius 2 is 1.85 bits per heavy atom. The van der Waals surface area contributed by atoms with Crippen molar-refractivity contribution < 1.29 is 4.79 Å². The lowest BCUT2D eigenvalue weighted by Gasteiger charge is -2.19. The van der Waals surface area contributed by atoms with Crippen LogP contribution >= 0.6 is 0 Å². The van der Waals surface area contributed by atoms with E-state index >= 15 is 0 Å². The fourth-order valence-electron chi connectivity index (χ4n) is 3.11. The monoisotopic (exact) mass is 358 g/mol. The van der Waals surface area contributed by atoms with Gasteiger partial charge in [-0.05, 0) is 35.9 Å². The number of hydrogen-bond acceptors (Lipinski definition) is 3. The molecule has 0 saturated heterocycles. The van der Waals surface area contributed by atoms with Crippen molar-refractivity contribution in [2.75, 3.05) is 0 Å². The molecule has 0 aliphatic heterocycles. The van der Waals surface area contributed by atoms with Crippen molar-refractivity contribution in [1.82, 2.24) is 19.9 Å². The van der Waals surface area contributed by atoms with Crippen LogP contribution in [0.25, 0.3) is 11.0 Å². The molecule has 1 unspecified atom stereocenters. The van der Waals surface area contributed by atoms with E-state index in [9.17, 15) is 9.59 Å². The van der Waals surface area contributed by atoms with Crippen molar-refractivity contribution in [2.45, 2.75) is 6.04 Å². The van der Waals surface area contributed by atoms with Crippen LogP contribution in [-0.2, 0) is 7.05 Å². The number of nitrogens with one attached hydrogen (secondary N) is 2. The second-order valence-electron chi connectivity index (χ2n) is 6.29. The highest BCUT2D eigenvalue weighted by Crippen LogP contribution is 2.21. The molecule has 0 radical (unpaired) electrons. The molecule has 0 spiro atoms. The average molecular weight is 358 g/mol. The summed E-state index contributed by atoms with van der Waals surface area (Å²) in [7, 11) is 1.69. The Balaban J connectivity index is 1.69. The van der Waals surface area contributed by atoms with Gasteiger partial charge in [0.05, 0.1) is 22.8 Å². The summed E-state index contributed by atoms with van der Waals surface area (Å²) in [5.74, 6) is -0.235. The van der Waals surface area contributed by atoms with Gasteiger partial charge in [-0.25, -0.2) is 4.79 Å². The van der Waals surface area contributed by atoms with Crippen molar-refractivity contribution in [1.29, 1.82) is 0 Å². The summed E-state index contributed by atoms with van der Waals surface area (Å²) in [5.41, 5.74) is 3.34. The van der Waals surface area contributed by atoms with E-state index in [0.717, 1.165) is 16.8 Å². The van der Waals surface area contributed by atoms with Crippen LogP contribution in [0.1, 0.15) is 27.7 Å². The van der Waals surface area contributed by atoms with Gasteiger partial charge in [0.1, 0.15) is 0 Å². The maximum Gasteiger partial charge on any atom is 0.326 e. The molecule has 6 heteroatoms. The van der Waals surface area contributed by atoms with Crippen molar-refractivity contribution in [2.24, 2.45) is 7.05 Å². The predicted molar refractivity (Wildman–Crippen MR) is 104 cm³/mol. The molecule has 4 rings (SSSR count). The Bertz CT molecular complexity index is 1110. The van der Waals surface area contributed by atoms with Crippen molar-refractivity contribution in [3.63, 3.8) is 0 Å². The first-order valence-corrected chi connectivity index (χ1v) is 8.59. The Hall–Kier alpha value is -3.67. The normalized spacial score (nSPS) is 12.0. The Kier molecular flexibility index (Phi) is 4.30. The first-order chi connectivity index (χ1) is 13.1. The van der Waals surface area contributed by atoms with E-state index in [1.54, 1.807) is 31.4 Å². The highest BCUT2D eigenvalue weighted by molar-refractivity contribution is 5.97. The lowest BCUT2D eigenvalue weighted by Crippen LogP contribution is -2.29. The third-order valence-corrected chi connectivity index (χ3v) is 4.56. The standard InChI is InChI=1S/C21H18N4O2/c1-25-18-11-10-15(13-17(18)23-21(25)27)20(26)24-19(14-7-3-2-4-8-14)16-9-5-6-12-22-16/h2-13,19H,1H3,(H,23,27)(H,24,26). The summed E-state index contributed by atoms with van der Waals surface area (Å²) in [6, 6.07) is 20.1. The van der Waals surface area contributed by atoms with Crippen LogP contribution in [-0.4, -0.2) is 20.4 Å². The maximum atomic E-state index is 12.9. The summed E-state index contributed by atoms with van der Waals surface area (Å²) in [5, 5.41) is 3.05. The molecule has 2 heterocycles. The SMILES string of the molecule is Cn1c(=O)[nH]c2cc(C(=O)NC(c3ccccc3)c3ccccn3)ccc21. The zero-order valence-electron chi connectivity index (χ0n) is 14.7. The number of aromatic nitrogens is 3. The van der Waals surface area contributed by atoms with Crippen LogP contribution in [0.2, 0.25) is 0 Å². The fourth-order valence-corrected chi connectivity index (χ4v) is 3.11. The summed E-state index contributed by atoms with van der Waals surface area (Å²) >= 11 is 0. The van der Waals surface area contributed by atoms with Gasteiger partial charge < -0.3 is 10.3 Å². The van der Waals surface area contributed by atoms with E-state index in [2.05, 4.69) is 15.3 Å². The Morgan fingerprint density at radius 1 is 1.07 bits per heavy atom. The van der Waals surface area contributed by atoms with Crippen LogP contribution in [0.3, 0.4) is 0 Å². The van der Waals surface area contributed by atoms with Gasteiger partial charge in [0.15, 0.2) is 0 Å². The van der Waals surface area contributed by atoms with E-state index in [1.165, 1.54) is 4.57 Å². The van der Waals surface area contributed by atoms with E-state index in [0.29, 0.717) is 11.1 Å². The minimum absolute atomic E-state index is 0.210. The molecule has 2 N–H and O–H groups in total. The number of carbonyl (C=O) groups excluding carboxylic acids is 1. The van der Waals surface area contributed by atoms with Gasteiger partial charge in [-0.1, -0.05) is 36.4 Å². The van der Waals surface area contributed by atoms with Gasteiger partial charge in [-0.3, -0.25) is 14.3 Å². The quantitative estimate of drug-likeness (QED) is 0.589. The number of amides is 1. The molecule has 0 bridgehead atoms. The van der Waals surface area contributed by atoms with Crippen molar-refractivity contribution in [3.8, 4) is 0 Å². The number of imidazole rings is 1. The summed E-state index contributed by atoms with van der Waals surface area (Å²) < 4.78 is 1.51. The van der Waals surface area contributed by atoms with Gasteiger partial charge in [-0.15, -0.1) is 0 Å². The highest BCUT2D eigenvalue weighted by atomic mass is 16.2. The Labute approximate surface area is 155 Å². The number of rotatable bonds is 4. The van der Waals surface area contributed by atoms with Gasteiger partial charge in [0, 0.05) is 18.8 Å². The lowest BCUT2D eigenvalue weighted by molar-refractivity contribution is 0.0942. The molecule has 4 aromatic rings. The molecule has 27 heavy (non-hydrogen) atoms. The minimum Gasteiger partial charge on any atom is -0.340 e. The summed E-state index contributed by atoms with van der Waals surface area (Å²) in [4.78, 5) is 31.8. The van der Waals surface area contributed by atoms with Crippen molar-refractivity contribution in [3.05, 3.63) is 100 Å². The summed E-state index contributed by atoms with van der Waals surface area (Å²) in [6.07, 6.45) is 1.71. The number of H-pyrrole nitrogens is 1. The molecule has 1 atom stereocenters. The second-order valence-corrected chi connectivity index (χ2v) is 6.29. The molecule has 6 nitrogen and oxygen atoms in total. The first-order valence-electron chi connectivity index (χ1n) is 8.59. The predicted octanol–water partition coefficient (Wildman–Crippen LogP) is 2.78. The lowest BCUT2D eigenvalue weighted by atomic mass is 10.0. The van der Waals surface area contributed by atoms with Gasteiger partial charge in [-0.2, -0.15) is 0 Å². The zero-order chi connectivity index (χ0) is 18.8. The molecule has 0 fully saturated rings. The molecule has 0 aliphatic carbocycles. The van der Waals surface area contributed by atoms with Crippen LogP contribution in [0.5, 0.6) is 0 Å². The number of aromatic amines is 1. The molecular formula is C21H18N4O2. The largest absolute Gasteiger partial charge is 0.340 e. The van der Waals surface area contributed by atoms with Crippen LogP contribution in [0, 0.1) is 0 Å². The number of pyridine rings is 1. The van der Waals surface area contributed by atoms with E-state index in [4.69, 9.17) is 0 Å². The molecule has 134 valence electrons. The molecule has 2 aromatic heterocycles. The number of hydrogen-bond donors (Lipinski definition) is 2. The molecule has 0 saturated carbocycles. The van der Waals surface area contributed by atoms with Gasteiger partial charge >= 0.3 is 5.69 Å². The third-order valence-electron chi connectivity index (χ3n) is 4.56. The minimum atomic E-state index is -0.370. The highest BCUT2D eigenvalue weighted by Gasteiger charge is 2.19. The molecule has 1 amide bonds. The second kappa shape index (κ2) is 6.92. The maximum absolute atomic E-state index is 12.9. The average Bonchev–Trinajstić information content (AvgIpc) is 3.00. The van der Waals surface area contributed by atoms with E-state index < -0.39 is 0 Å². The number of nitrogens with zero attached hydrogens (tertiary/aromatic N) is 2. The van der Waals surface area contributed by atoms with Crippen LogP contribution in [0.15, 0.2) is 77.7 Å². The molecule has 2 aromatic carbocycles. The van der Waals surface area contributed by atoms with E-state index in [1.807, 2.05) is 48.5 Å². The van der Waals surface area contributed by atoms with E-state index in [-0.39, 0.29) is 17.6 Å².